The van der Waals surface area contributed by atoms with E-state index in [9.17, 15) is 9.90 Å². The Morgan fingerprint density at radius 3 is 1.93 bits per heavy atom. The molecule has 15 heavy (non-hydrogen) atoms. The van der Waals surface area contributed by atoms with Gasteiger partial charge in [0.05, 0.1) is 6.10 Å². The lowest BCUT2D eigenvalue weighted by atomic mass is 9.96. The van der Waals surface area contributed by atoms with Gasteiger partial charge in [0.2, 0.25) is 0 Å². The van der Waals surface area contributed by atoms with E-state index in [0.29, 0.717) is 24.7 Å². The minimum Gasteiger partial charge on any atom is -0.460 e. The minimum absolute atomic E-state index is 0.316. The third kappa shape index (κ3) is 7.37. The lowest BCUT2D eigenvalue weighted by molar-refractivity contribution is -0.154. The van der Waals surface area contributed by atoms with E-state index in [1.807, 2.05) is 13.8 Å². The normalized spacial score (nSPS) is 15.5. The van der Waals surface area contributed by atoms with E-state index in [0.717, 1.165) is 0 Å². The van der Waals surface area contributed by atoms with Crippen LogP contribution in [0.3, 0.4) is 0 Å². The van der Waals surface area contributed by atoms with E-state index < -0.39 is 6.10 Å². The lowest BCUT2D eigenvalue weighted by Gasteiger charge is -2.25. The second-order valence-electron chi connectivity index (χ2n) is 4.97. The number of rotatable bonds is 6. The average Bonchev–Trinajstić information content (AvgIpc) is 1.99. The topological polar surface area (TPSA) is 46.5 Å². The fraction of sp³-hybridized carbons (Fsp3) is 0.917. The summed E-state index contributed by atoms with van der Waals surface area (Å²) in [6, 6.07) is 0. The van der Waals surface area contributed by atoms with Gasteiger partial charge < -0.3 is 9.84 Å². The molecular weight excluding hydrogens is 192 g/mol. The fourth-order valence-corrected chi connectivity index (χ4v) is 1.60. The molecule has 0 aliphatic heterocycles. The maximum Gasteiger partial charge on any atom is 0.302 e. The first kappa shape index (κ1) is 14.4. The van der Waals surface area contributed by atoms with Crippen LogP contribution in [-0.2, 0) is 9.53 Å². The molecule has 0 fully saturated rings. The highest BCUT2D eigenvalue weighted by atomic mass is 16.6. The summed E-state index contributed by atoms with van der Waals surface area (Å²) in [6.45, 7) is 9.58. The Hall–Kier alpha value is -0.570. The van der Waals surface area contributed by atoms with Gasteiger partial charge >= 0.3 is 5.97 Å². The van der Waals surface area contributed by atoms with Crippen molar-refractivity contribution in [3.8, 4) is 0 Å². The van der Waals surface area contributed by atoms with Crippen LogP contribution in [0.25, 0.3) is 0 Å². The number of carbonyl (C=O) groups is 1. The Balaban J connectivity index is 4.26. The summed E-state index contributed by atoms with van der Waals surface area (Å²) >= 11 is 0. The molecule has 0 saturated carbocycles. The number of ether oxygens (including phenoxy) is 1. The molecule has 0 aromatic carbocycles. The van der Waals surface area contributed by atoms with E-state index in [4.69, 9.17) is 4.74 Å². The van der Waals surface area contributed by atoms with Crippen LogP contribution in [0.15, 0.2) is 0 Å². The fourth-order valence-electron chi connectivity index (χ4n) is 1.60. The van der Waals surface area contributed by atoms with E-state index in [-0.39, 0.29) is 12.1 Å². The molecule has 0 aliphatic rings. The summed E-state index contributed by atoms with van der Waals surface area (Å²) in [4.78, 5) is 10.9. The Morgan fingerprint density at radius 1 is 1.13 bits per heavy atom. The summed E-state index contributed by atoms with van der Waals surface area (Å²) in [5.41, 5.74) is 0. The average molecular weight is 216 g/mol. The second-order valence-corrected chi connectivity index (χ2v) is 4.97. The molecule has 0 spiro atoms. The van der Waals surface area contributed by atoms with Crippen molar-refractivity contribution in [2.45, 2.75) is 59.7 Å². The van der Waals surface area contributed by atoms with Gasteiger partial charge in [-0.25, -0.2) is 0 Å². The first-order chi connectivity index (χ1) is 6.82. The molecule has 0 bridgehead atoms. The van der Waals surface area contributed by atoms with E-state index >= 15 is 0 Å². The van der Waals surface area contributed by atoms with Crippen LogP contribution in [0.5, 0.6) is 0 Å². The molecule has 0 radical (unpaired) electrons. The van der Waals surface area contributed by atoms with Crippen molar-refractivity contribution in [3.05, 3.63) is 0 Å². The molecule has 2 atom stereocenters. The van der Waals surface area contributed by atoms with Crippen LogP contribution >= 0.6 is 0 Å². The van der Waals surface area contributed by atoms with Crippen molar-refractivity contribution in [1.29, 1.82) is 0 Å². The zero-order valence-corrected chi connectivity index (χ0v) is 10.5. The van der Waals surface area contributed by atoms with Crippen LogP contribution in [0.4, 0.5) is 0 Å². The summed E-state index contributed by atoms with van der Waals surface area (Å²) in [7, 11) is 0. The largest absolute Gasteiger partial charge is 0.460 e. The van der Waals surface area contributed by atoms with Gasteiger partial charge in [-0.05, 0) is 24.7 Å². The van der Waals surface area contributed by atoms with Crippen molar-refractivity contribution in [2.24, 2.45) is 11.8 Å². The molecule has 2 unspecified atom stereocenters. The van der Waals surface area contributed by atoms with Gasteiger partial charge in [-0.3, -0.25) is 4.79 Å². The third-order valence-corrected chi connectivity index (χ3v) is 2.16. The first-order valence-corrected chi connectivity index (χ1v) is 5.68. The molecule has 3 nitrogen and oxygen atoms in total. The van der Waals surface area contributed by atoms with Crippen LogP contribution in [0.2, 0.25) is 0 Å². The van der Waals surface area contributed by atoms with Gasteiger partial charge in [-0.1, -0.05) is 27.7 Å². The van der Waals surface area contributed by atoms with Gasteiger partial charge in [0, 0.05) is 6.92 Å². The van der Waals surface area contributed by atoms with Gasteiger partial charge in [-0.15, -0.1) is 0 Å². The summed E-state index contributed by atoms with van der Waals surface area (Å²) < 4.78 is 5.13. The molecule has 0 aliphatic carbocycles. The van der Waals surface area contributed by atoms with Crippen molar-refractivity contribution >= 4 is 5.97 Å². The minimum atomic E-state index is -0.545. The van der Waals surface area contributed by atoms with Crippen LogP contribution in [0.1, 0.15) is 47.5 Å². The van der Waals surface area contributed by atoms with Crippen molar-refractivity contribution < 1.29 is 14.6 Å². The van der Waals surface area contributed by atoms with Crippen molar-refractivity contribution in [2.75, 3.05) is 0 Å². The van der Waals surface area contributed by atoms with Crippen molar-refractivity contribution in [1.82, 2.24) is 0 Å². The Kier molecular flexibility index (Phi) is 6.57. The smallest absolute Gasteiger partial charge is 0.302 e. The molecule has 1 N–H and O–H groups in total. The van der Waals surface area contributed by atoms with E-state index in [1.165, 1.54) is 6.92 Å². The highest BCUT2D eigenvalue weighted by molar-refractivity contribution is 5.66. The van der Waals surface area contributed by atoms with Crippen LogP contribution < -0.4 is 0 Å². The zero-order chi connectivity index (χ0) is 12.0. The monoisotopic (exact) mass is 216 g/mol. The highest BCUT2D eigenvalue weighted by Crippen LogP contribution is 2.17. The second kappa shape index (κ2) is 6.83. The Labute approximate surface area is 92.8 Å². The molecule has 0 saturated heterocycles. The molecule has 0 amide bonds. The number of hydrogen-bond acceptors (Lipinski definition) is 3. The molecule has 3 heteroatoms. The van der Waals surface area contributed by atoms with E-state index in [1.54, 1.807) is 0 Å². The SMILES string of the molecule is CC(=O)OC(CC(C)C)C(O)CC(C)C. The molecule has 0 aromatic rings. The maximum atomic E-state index is 10.9. The summed E-state index contributed by atoms with van der Waals surface area (Å²) in [5.74, 6) is 0.504. The molecule has 0 aromatic heterocycles. The number of aliphatic hydroxyl groups is 1. The van der Waals surface area contributed by atoms with Gasteiger partial charge in [0.1, 0.15) is 6.10 Å². The predicted molar refractivity (Wildman–Crippen MR) is 60.5 cm³/mol. The first-order valence-electron chi connectivity index (χ1n) is 5.68. The predicted octanol–water partition coefficient (Wildman–Crippen LogP) is 2.37. The third-order valence-electron chi connectivity index (χ3n) is 2.16. The number of hydrogen-bond donors (Lipinski definition) is 1. The highest BCUT2D eigenvalue weighted by Gasteiger charge is 2.23. The van der Waals surface area contributed by atoms with Crippen molar-refractivity contribution in [3.63, 3.8) is 0 Å². The number of carbonyl (C=O) groups excluding carboxylic acids is 1. The lowest BCUT2D eigenvalue weighted by Crippen LogP contribution is -2.33. The Morgan fingerprint density at radius 2 is 1.60 bits per heavy atom. The van der Waals surface area contributed by atoms with E-state index in [2.05, 4.69) is 13.8 Å². The Bertz CT molecular complexity index is 187. The number of aliphatic hydroxyl groups excluding tert-OH is 1. The molecule has 90 valence electrons. The van der Waals surface area contributed by atoms with Crippen LogP contribution in [0, 0.1) is 11.8 Å². The maximum absolute atomic E-state index is 10.9. The van der Waals surface area contributed by atoms with Gasteiger partial charge in [0.25, 0.3) is 0 Å². The molecule has 0 rings (SSSR count). The summed E-state index contributed by atoms with van der Waals surface area (Å²) in [6.07, 6.45) is 0.485. The zero-order valence-electron chi connectivity index (χ0n) is 10.5. The molecule has 0 heterocycles. The van der Waals surface area contributed by atoms with Gasteiger partial charge in [-0.2, -0.15) is 0 Å². The molecular formula is C12H24O3. The quantitative estimate of drug-likeness (QED) is 0.693. The number of esters is 1. The van der Waals surface area contributed by atoms with Crippen LogP contribution in [-0.4, -0.2) is 23.3 Å². The van der Waals surface area contributed by atoms with Gasteiger partial charge in [0.15, 0.2) is 0 Å². The summed E-state index contributed by atoms with van der Waals surface area (Å²) in [5, 5.41) is 9.90. The standard InChI is InChI=1S/C12H24O3/c1-8(2)6-11(14)12(7-9(3)4)15-10(5)13/h8-9,11-12,14H,6-7H2,1-5H3.